The third kappa shape index (κ3) is 4.08. The van der Waals surface area contributed by atoms with Gasteiger partial charge in [-0.2, -0.15) is 0 Å². The van der Waals surface area contributed by atoms with Gasteiger partial charge in [-0.15, -0.1) is 11.6 Å². The van der Waals surface area contributed by atoms with Gasteiger partial charge in [-0.05, 0) is 12.1 Å². The molecule has 0 spiro atoms. The molecular formula is C16H15Cl2FN2O5. The van der Waals surface area contributed by atoms with Gasteiger partial charge in [-0.3, -0.25) is 9.79 Å². The summed E-state index contributed by atoms with van der Waals surface area (Å²) in [7, 11) is 2.43. The Bertz CT molecular complexity index is 797. The summed E-state index contributed by atoms with van der Waals surface area (Å²) in [4.78, 5) is 31.8. The molecule has 1 heterocycles. The predicted molar refractivity (Wildman–Crippen MR) is 92.8 cm³/mol. The first-order valence-corrected chi connectivity index (χ1v) is 8.08. The van der Waals surface area contributed by atoms with Gasteiger partial charge in [0.25, 0.3) is 0 Å². The zero-order valence-electron chi connectivity index (χ0n) is 14.0. The predicted octanol–water partition coefficient (Wildman–Crippen LogP) is 2.72. The molecule has 0 saturated heterocycles. The Morgan fingerprint density at radius 3 is 2.58 bits per heavy atom. The lowest BCUT2D eigenvalue weighted by molar-refractivity contribution is -0.146. The maximum absolute atomic E-state index is 14.7. The van der Waals surface area contributed by atoms with Gasteiger partial charge in [-0.1, -0.05) is 17.7 Å². The second-order valence-electron chi connectivity index (χ2n) is 5.11. The number of hydrogen-bond donors (Lipinski definition) is 1. The van der Waals surface area contributed by atoms with Gasteiger partial charge in [0, 0.05) is 12.5 Å². The van der Waals surface area contributed by atoms with Gasteiger partial charge in [0.15, 0.2) is 11.6 Å². The van der Waals surface area contributed by atoms with Crippen LogP contribution in [-0.2, 0) is 19.2 Å². The molecule has 1 aromatic rings. The number of nitrogens with zero attached hydrogens (tertiary/aromatic N) is 1. The summed E-state index contributed by atoms with van der Waals surface area (Å²) in [5, 5.41) is -0.991. The first-order valence-electron chi connectivity index (χ1n) is 7.27. The van der Waals surface area contributed by atoms with E-state index in [1.807, 2.05) is 0 Å². The molecule has 1 aliphatic rings. The van der Waals surface area contributed by atoms with E-state index in [4.69, 9.17) is 32.8 Å². The fourth-order valence-electron chi connectivity index (χ4n) is 2.25. The first-order chi connectivity index (χ1) is 12.3. The van der Waals surface area contributed by atoms with E-state index >= 15 is 0 Å². The van der Waals surface area contributed by atoms with E-state index in [-0.39, 0.29) is 27.7 Å². The lowest BCUT2D eigenvalue weighted by atomic mass is 10.00. The minimum Gasteiger partial charge on any atom is -0.492 e. The van der Waals surface area contributed by atoms with E-state index in [0.29, 0.717) is 0 Å². The van der Waals surface area contributed by atoms with Crippen molar-refractivity contribution >= 4 is 40.9 Å². The maximum Gasteiger partial charge on any atom is 0.353 e. The highest BCUT2D eigenvalue weighted by molar-refractivity contribution is 6.51. The van der Waals surface area contributed by atoms with Crippen LogP contribution in [0.25, 0.3) is 0 Å². The van der Waals surface area contributed by atoms with Crippen molar-refractivity contribution in [2.75, 3.05) is 14.2 Å². The molecule has 26 heavy (non-hydrogen) atoms. The van der Waals surface area contributed by atoms with Gasteiger partial charge < -0.3 is 14.3 Å². The monoisotopic (exact) mass is 404 g/mol. The minimum absolute atomic E-state index is 0.0818. The average Bonchev–Trinajstić information content (AvgIpc) is 2.60. The average molecular weight is 405 g/mol. The fourth-order valence-corrected chi connectivity index (χ4v) is 2.74. The number of methoxy groups -OCH3 is 2. The smallest absolute Gasteiger partial charge is 0.353 e. The summed E-state index contributed by atoms with van der Waals surface area (Å²) in [6.45, 7) is 1.18. The van der Waals surface area contributed by atoms with Crippen LogP contribution in [0.5, 0.6) is 5.75 Å². The zero-order chi connectivity index (χ0) is 19.4. The number of rotatable bonds is 5. The quantitative estimate of drug-likeness (QED) is 0.461. The highest BCUT2D eigenvalue weighted by Crippen LogP contribution is 2.36. The Labute approximate surface area is 158 Å². The third-order valence-corrected chi connectivity index (χ3v) is 4.18. The summed E-state index contributed by atoms with van der Waals surface area (Å²) >= 11 is 12.1. The van der Waals surface area contributed by atoms with Crippen LogP contribution in [0.4, 0.5) is 4.39 Å². The first kappa shape index (κ1) is 20.0. The molecular weight excluding hydrogens is 390 g/mol. The summed E-state index contributed by atoms with van der Waals surface area (Å²) < 4.78 is 24.3. The molecule has 1 N–H and O–H groups in total. The van der Waals surface area contributed by atoms with Crippen LogP contribution in [0.1, 0.15) is 18.5 Å². The summed E-state index contributed by atoms with van der Waals surface area (Å²) in [5.41, 5.74) is 2.39. The number of carbonyl (C=O) groups is 2. The maximum atomic E-state index is 14.7. The van der Waals surface area contributed by atoms with E-state index in [1.165, 1.54) is 32.2 Å². The number of alkyl halides is 1. The van der Waals surface area contributed by atoms with E-state index < -0.39 is 29.2 Å². The molecule has 0 radical (unpaired) electrons. The zero-order valence-corrected chi connectivity index (χ0v) is 15.5. The molecule has 0 fully saturated rings. The number of hydrogen-bond acceptors (Lipinski definition) is 7. The molecule has 2 unspecified atom stereocenters. The lowest BCUT2D eigenvalue weighted by Crippen LogP contribution is -2.36. The van der Waals surface area contributed by atoms with E-state index in [0.717, 1.165) is 7.11 Å². The Hall–Kier alpha value is -2.32. The molecule has 2 rings (SSSR count). The van der Waals surface area contributed by atoms with Crippen LogP contribution in [-0.4, -0.2) is 37.2 Å². The van der Waals surface area contributed by atoms with E-state index in [9.17, 15) is 14.0 Å². The molecule has 140 valence electrons. The van der Waals surface area contributed by atoms with Crippen molar-refractivity contribution in [1.82, 2.24) is 5.48 Å². The van der Waals surface area contributed by atoms with Crippen LogP contribution in [0, 0.1) is 5.82 Å². The number of nitrogens with one attached hydrogen (secondary N) is 1. The molecule has 0 bridgehead atoms. The number of dihydropyridines is 1. The Kier molecular flexibility index (Phi) is 6.44. The highest BCUT2D eigenvalue weighted by Gasteiger charge is 2.33. The Morgan fingerprint density at radius 1 is 1.31 bits per heavy atom. The van der Waals surface area contributed by atoms with E-state index in [1.54, 1.807) is 0 Å². The number of benzene rings is 1. The number of hydroxylamine groups is 1. The van der Waals surface area contributed by atoms with Gasteiger partial charge in [0.05, 0.1) is 31.0 Å². The van der Waals surface area contributed by atoms with Crippen LogP contribution in [0.15, 0.2) is 28.9 Å². The number of halogens is 3. The van der Waals surface area contributed by atoms with Crippen molar-refractivity contribution < 1.29 is 28.3 Å². The minimum atomic E-state index is -1.07. The second-order valence-corrected chi connectivity index (χ2v) is 5.96. The van der Waals surface area contributed by atoms with Gasteiger partial charge in [0.1, 0.15) is 11.1 Å². The number of allylic oxidation sites excluding steroid dienone is 1. The van der Waals surface area contributed by atoms with E-state index in [2.05, 4.69) is 15.2 Å². The molecule has 1 aliphatic heterocycles. The third-order valence-electron chi connectivity index (χ3n) is 3.44. The molecule has 0 aromatic heterocycles. The van der Waals surface area contributed by atoms with Gasteiger partial charge in [-0.25, -0.2) is 14.7 Å². The van der Waals surface area contributed by atoms with Crippen LogP contribution >= 0.6 is 23.2 Å². The van der Waals surface area contributed by atoms with Crippen LogP contribution in [0.2, 0.25) is 5.02 Å². The number of ether oxygens (including phenoxy) is 2. The number of aliphatic imine (C=N–C) groups is 1. The molecule has 7 nitrogen and oxygen atoms in total. The molecule has 0 aliphatic carbocycles. The topological polar surface area (TPSA) is 86.2 Å². The Balaban J connectivity index is 2.51. The summed E-state index contributed by atoms with van der Waals surface area (Å²) in [6, 6.07) is 1.88. The van der Waals surface area contributed by atoms with Crippen molar-refractivity contribution in [3.8, 4) is 5.75 Å². The molecule has 2 atom stereocenters. The normalized spacial score (nSPS) is 19.2. The molecule has 0 amide bonds. The van der Waals surface area contributed by atoms with Gasteiger partial charge in [0.2, 0.25) is 0 Å². The molecule has 10 heteroatoms. The fraction of sp³-hybridized carbons (Fsp3) is 0.312. The van der Waals surface area contributed by atoms with Gasteiger partial charge >= 0.3 is 11.9 Å². The van der Waals surface area contributed by atoms with Crippen molar-refractivity contribution in [2.24, 2.45) is 4.99 Å². The summed E-state index contributed by atoms with van der Waals surface area (Å²) in [6.07, 6.45) is 1.42. The second kappa shape index (κ2) is 8.37. The summed E-state index contributed by atoms with van der Waals surface area (Å²) in [5.74, 6) is -2.33. The largest absolute Gasteiger partial charge is 0.492 e. The van der Waals surface area contributed by atoms with Crippen molar-refractivity contribution in [3.05, 3.63) is 40.3 Å². The SMILES string of the molecule is COC(=O)C1=NC(c2ccc(Cl)c(OC)c2F)C=C(NOC(C)=O)C1Cl. The van der Waals surface area contributed by atoms with Crippen molar-refractivity contribution in [1.29, 1.82) is 0 Å². The molecule has 0 saturated carbocycles. The molecule has 1 aromatic carbocycles. The van der Waals surface area contributed by atoms with Crippen molar-refractivity contribution in [2.45, 2.75) is 18.3 Å². The van der Waals surface area contributed by atoms with Crippen LogP contribution < -0.4 is 10.2 Å². The van der Waals surface area contributed by atoms with Crippen molar-refractivity contribution in [3.63, 3.8) is 0 Å². The number of carbonyl (C=O) groups excluding carboxylic acids is 2. The number of esters is 1. The Morgan fingerprint density at radius 2 is 2.00 bits per heavy atom. The lowest BCUT2D eigenvalue weighted by Gasteiger charge is -2.24. The standard InChI is InChI=1S/C16H15Cl2FN2O5/c1-7(22)26-21-11-6-10(20-14(12(11)18)16(23)25-3)8-4-5-9(17)15(24-2)13(8)19/h4-6,10,12,21H,1-3H3. The highest BCUT2D eigenvalue weighted by atomic mass is 35.5. The van der Waals surface area contributed by atoms with Crippen LogP contribution in [0.3, 0.4) is 0 Å².